The lowest BCUT2D eigenvalue weighted by molar-refractivity contribution is -0.139. The van der Waals surface area contributed by atoms with Gasteiger partial charge in [-0.25, -0.2) is 9.59 Å². The van der Waals surface area contributed by atoms with E-state index in [-0.39, 0.29) is 23.6 Å². The van der Waals surface area contributed by atoms with Crippen molar-refractivity contribution in [3.05, 3.63) is 24.3 Å². The molecule has 0 saturated heterocycles. The van der Waals surface area contributed by atoms with E-state index in [1.807, 2.05) is 39.3 Å². The number of ether oxygens (including phenoxy) is 2. The first-order valence-electron chi connectivity index (χ1n) is 11.4. The lowest BCUT2D eigenvalue weighted by Crippen LogP contribution is -2.63. The smallest absolute Gasteiger partial charge is 0.458 e. The maximum absolute atomic E-state index is 11.9. The largest absolute Gasteiger partial charge is 0.531 e. The van der Waals surface area contributed by atoms with Crippen molar-refractivity contribution in [2.75, 3.05) is 40.9 Å². The van der Waals surface area contributed by atoms with Crippen LogP contribution in [-0.4, -0.2) is 96.1 Å². The summed E-state index contributed by atoms with van der Waals surface area (Å²) < 4.78 is 58.1. The Morgan fingerprint density at radius 2 is 0.784 bits per heavy atom. The van der Waals surface area contributed by atoms with Gasteiger partial charge >= 0.3 is 55.2 Å². The maximum Gasteiger partial charge on any atom is 0.531 e. The molecule has 0 aliphatic carbocycles. The van der Waals surface area contributed by atoms with Crippen LogP contribution in [0.15, 0.2) is 24.3 Å². The summed E-state index contributed by atoms with van der Waals surface area (Å²) in [6.45, 7) is 21.2. The zero-order chi connectivity index (χ0) is 29.3. The van der Waals surface area contributed by atoms with Crippen molar-refractivity contribution < 1.29 is 53.2 Å². The third-order valence-corrected chi connectivity index (χ3v) is 22.3. The summed E-state index contributed by atoms with van der Waals surface area (Å²) in [7, 11) is -9.94. The minimum atomic E-state index is -3.42. The number of rotatable bonds is 18. The molecule has 0 heterocycles. The summed E-state index contributed by atoms with van der Waals surface area (Å²) in [4.78, 5) is 23.8. The molecule has 0 aromatic carbocycles. The van der Waals surface area contributed by atoms with Crippen LogP contribution >= 0.6 is 0 Å². The van der Waals surface area contributed by atoms with E-state index >= 15 is 0 Å². The Morgan fingerprint density at radius 3 is 1.00 bits per heavy atom. The molecule has 216 valence electrons. The fraction of sp³-hybridized carbons (Fsp3) is 0.700. The number of carbonyl (C=O) groups is 2. The minimum absolute atomic E-state index is 0.198. The van der Waals surface area contributed by atoms with Gasteiger partial charge in [0.2, 0.25) is 0 Å². The van der Waals surface area contributed by atoms with Crippen LogP contribution in [0.25, 0.3) is 0 Å². The Kier molecular flexibility index (Phi) is 14.2. The van der Waals surface area contributed by atoms with Gasteiger partial charge in [-0.3, -0.25) is 0 Å². The summed E-state index contributed by atoms with van der Waals surface area (Å²) in [5.41, 5.74) is 0.497. The molecule has 17 heteroatoms. The zero-order valence-electron chi connectivity index (χ0n) is 24.2. The summed E-state index contributed by atoms with van der Waals surface area (Å²) in [5.74, 6) is -1.15. The predicted molar refractivity (Wildman–Crippen MR) is 148 cm³/mol. The van der Waals surface area contributed by atoms with Crippen molar-refractivity contribution in [2.45, 2.75) is 53.1 Å². The highest BCUT2D eigenvalue weighted by Crippen LogP contribution is 2.27. The van der Waals surface area contributed by atoms with E-state index in [0.717, 1.165) is 0 Å². The molecule has 0 bridgehead atoms. The third-order valence-electron chi connectivity index (χ3n) is 4.49. The first-order valence-corrected chi connectivity index (χ1v) is 23.7. The number of esters is 2. The van der Waals surface area contributed by atoms with Crippen molar-refractivity contribution in [1.82, 2.24) is 0 Å². The van der Waals surface area contributed by atoms with E-state index in [9.17, 15) is 9.59 Å². The standard InChI is InChI=1S/C20H44O12Si5/c1-17(2)19(21)27-15-36(23-5,24-6)31-34(11,12)29-33(9,10)30-35(13,14)32-37(25-7,26-8)16-28-20(22)18(3)4/h1,3,15-16H2,2,4-14H3. The molecular formula is C20H44O12Si5. The average molecular weight is 617 g/mol. The second-order valence-corrected chi connectivity index (χ2v) is 26.1. The zero-order valence-corrected chi connectivity index (χ0v) is 29.2. The molecule has 12 nitrogen and oxygen atoms in total. The van der Waals surface area contributed by atoms with E-state index in [1.54, 1.807) is 13.8 Å². The summed E-state index contributed by atoms with van der Waals surface area (Å²) >= 11 is 0. The summed E-state index contributed by atoms with van der Waals surface area (Å²) in [6, 6.07) is 0. The monoisotopic (exact) mass is 616 g/mol. The van der Waals surface area contributed by atoms with E-state index in [2.05, 4.69) is 13.2 Å². The molecule has 0 atom stereocenters. The van der Waals surface area contributed by atoms with Crippen LogP contribution in [0.4, 0.5) is 0 Å². The molecule has 0 aliphatic heterocycles. The van der Waals surface area contributed by atoms with Crippen LogP contribution in [0.5, 0.6) is 0 Å². The molecule has 0 aliphatic rings. The van der Waals surface area contributed by atoms with Crippen LogP contribution in [0.1, 0.15) is 13.8 Å². The van der Waals surface area contributed by atoms with Gasteiger partial charge in [0.15, 0.2) is 12.5 Å². The van der Waals surface area contributed by atoms with Crippen molar-refractivity contribution >= 4 is 55.2 Å². The van der Waals surface area contributed by atoms with Crippen LogP contribution in [0.2, 0.25) is 39.3 Å². The highest BCUT2D eigenvalue weighted by Gasteiger charge is 2.53. The molecule has 0 unspecified atom stereocenters. The third kappa shape index (κ3) is 12.7. The van der Waals surface area contributed by atoms with Gasteiger partial charge in [0.1, 0.15) is 0 Å². The van der Waals surface area contributed by atoms with E-state index in [1.165, 1.54) is 28.4 Å². The van der Waals surface area contributed by atoms with Gasteiger partial charge in [-0.1, -0.05) is 13.2 Å². The van der Waals surface area contributed by atoms with Crippen molar-refractivity contribution in [3.63, 3.8) is 0 Å². The van der Waals surface area contributed by atoms with Gasteiger partial charge in [-0.15, -0.1) is 0 Å². The molecule has 0 spiro atoms. The van der Waals surface area contributed by atoms with Crippen LogP contribution in [0.3, 0.4) is 0 Å². The molecule has 0 aromatic heterocycles. The van der Waals surface area contributed by atoms with Gasteiger partial charge in [0, 0.05) is 39.6 Å². The van der Waals surface area contributed by atoms with Crippen molar-refractivity contribution in [3.8, 4) is 0 Å². The molecular weight excluding hydrogens is 573 g/mol. The van der Waals surface area contributed by atoms with E-state index in [0.29, 0.717) is 0 Å². The van der Waals surface area contributed by atoms with Crippen LogP contribution in [0, 0.1) is 0 Å². The lowest BCUT2D eigenvalue weighted by atomic mass is 10.4. The van der Waals surface area contributed by atoms with Gasteiger partial charge < -0.3 is 43.6 Å². The number of carbonyl (C=O) groups excluding carboxylic acids is 2. The average Bonchev–Trinajstić information content (AvgIpc) is 2.76. The summed E-state index contributed by atoms with van der Waals surface area (Å²) in [5, 5.41) is 0. The second kappa shape index (κ2) is 14.5. The van der Waals surface area contributed by atoms with Crippen molar-refractivity contribution in [2.24, 2.45) is 0 Å². The fourth-order valence-corrected chi connectivity index (χ4v) is 23.5. The molecule has 37 heavy (non-hydrogen) atoms. The Morgan fingerprint density at radius 1 is 0.541 bits per heavy atom. The molecule has 0 rings (SSSR count). The topological polar surface area (TPSA) is 126 Å². The SMILES string of the molecule is C=C(C)C(=O)OC[Si](OC)(OC)O[Si](C)(C)O[Si](C)(C)O[Si](C)(C)O[Si](COC(=O)C(=C)C)(OC)OC. The molecule has 0 N–H and O–H groups in total. The summed E-state index contributed by atoms with van der Waals surface area (Å²) in [6.07, 6.45) is -0.396. The molecule has 0 saturated carbocycles. The van der Waals surface area contributed by atoms with Crippen LogP contribution < -0.4 is 0 Å². The number of hydrogen-bond donors (Lipinski definition) is 0. The van der Waals surface area contributed by atoms with Gasteiger partial charge in [0.05, 0.1) is 0 Å². The first kappa shape index (κ1) is 36.2. The van der Waals surface area contributed by atoms with E-state index in [4.69, 9.17) is 43.6 Å². The fourth-order valence-electron chi connectivity index (χ4n) is 3.18. The molecule has 0 radical (unpaired) electrons. The second-order valence-electron chi connectivity index (χ2n) is 9.50. The quantitative estimate of drug-likeness (QED) is 0.128. The Hall–Kier alpha value is -0.816. The normalized spacial score (nSPS) is 13.3. The Balaban J connectivity index is 5.55. The highest BCUT2D eigenvalue weighted by atomic mass is 28.5. The van der Waals surface area contributed by atoms with Gasteiger partial charge in [-0.2, -0.15) is 0 Å². The Bertz CT molecular complexity index is 746. The van der Waals surface area contributed by atoms with Gasteiger partial charge in [0.25, 0.3) is 0 Å². The van der Waals surface area contributed by atoms with E-state index < -0.39 is 55.2 Å². The lowest BCUT2D eigenvalue weighted by Gasteiger charge is -2.42. The Labute approximate surface area is 226 Å². The molecule has 0 fully saturated rings. The molecule has 0 aromatic rings. The highest BCUT2D eigenvalue weighted by molar-refractivity contribution is 6.88. The number of hydrogen-bond acceptors (Lipinski definition) is 12. The molecule has 0 amide bonds. The van der Waals surface area contributed by atoms with Crippen molar-refractivity contribution in [1.29, 1.82) is 0 Å². The van der Waals surface area contributed by atoms with Gasteiger partial charge in [-0.05, 0) is 53.1 Å². The minimum Gasteiger partial charge on any atom is -0.458 e. The first-order chi connectivity index (χ1) is 16.7. The van der Waals surface area contributed by atoms with Crippen LogP contribution in [-0.2, 0) is 53.2 Å². The predicted octanol–water partition coefficient (Wildman–Crippen LogP) is 2.94. The maximum atomic E-state index is 11.9.